The number of aliphatic carboxylic acids is 1. The average molecular weight is 271 g/mol. The van der Waals surface area contributed by atoms with Crippen molar-refractivity contribution in [3.8, 4) is 0 Å². The molecule has 1 unspecified atom stereocenters. The lowest BCUT2D eigenvalue weighted by Crippen LogP contribution is -2.11. The highest BCUT2D eigenvalue weighted by Gasteiger charge is 2.15. The molecule has 1 aliphatic carbocycles. The van der Waals surface area contributed by atoms with Gasteiger partial charge in [0.1, 0.15) is 0 Å². The summed E-state index contributed by atoms with van der Waals surface area (Å²) in [5.74, 6) is -1.26. The van der Waals surface area contributed by atoms with Gasteiger partial charge in [0.2, 0.25) is 0 Å². The highest BCUT2D eigenvalue weighted by Crippen LogP contribution is 2.21. The third-order valence-electron chi connectivity index (χ3n) is 3.04. The van der Waals surface area contributed by atoms with Gasteiger partial charge in [0.15, 0.2) is 0 Å². The number of allylic oxidation sites excluding steroid dienone is 2. The van der Waals surface area contributed by atoms with Crippen molar-refractivity contribution in [3.05, 3.63) is 48.2 Å². The van der Waals surface area contributed by atoms with Crippen LogP contribution >= 0.6 is 0 Å². The molecule has 20 heavy (non-hydrogen) atoms. The summed E-state index contributed by atoms with van der Waals surface area (Å²) in [6.07, 6.45) is 5.59. The molecule has 0 spiro atoms. The van der Waals surface area contributed by atoms with Crippen LogP contribution in [0, 0.1) is 5.92 Å². The molecule has 0 saturated heterocycles. The number of carbonyl (C=O) groups is 1. The fraction of sp³-hybridized carbons (Fsp3) is 0.267. The SMILES string of the molecule is CN(C)c1ccc(/N=N/C2=CCC(C(=O)O)C=C2)cc1. The topological polar surface area (TPSA) is 65.3 Å². The third kappa shape index (κ3) is 3.54. The smallest absolute Gasteiger partial charge is 0.310 e. The fourth-order valence-corrected chi connectivity index (χ4v) is 1.80. The number of rotatable bonds is 4. The van der Waals surface area contributed by atoms with Crippen molar-refractivity contribution in [1.82, 2.24) is 0 Å². The summed E-state index contributed by atoms with van der Waals surface area (Å²) >= 11 is 0. The highest BCUT2D eigenvalue weighted by atomic mass is 16.4. The number of anilines is 1. The van der Waals surface area contributed by atoms with E-state index in [4.69, 9.17) is 5.11 Å². The van der Waals surface area contributed by atoms with Crippen LogP contribution in [0.1, 0.15) is 6.42 Å². The van der Waals surface area contributed by atoms with Crippen LogP contribution in [0.4, 0.5) is 11.4 Å². The second-order valence-corrected chi connectivity index (χ2v) is 4.78. The van der Waals surface area contributed by atoms with Crippen LogP contribution in [-0.2, 0) is 4.79 Å². The minimum absolute atomic E-state index is 0.451. The molecule has 1 aliphatic rings. The summed E-state index contributed by atoms with van der Waals surface area (Å²) in [4.78, 5) is 12.8. The Hall–Kier alpha value is -2.43. The Labute approximate surface area is 117 Å². The molecule has 0 amide bonds. The van der Waals surface area contributed by atoms with E-state index >= 15 is 0 Å². The normalized spacial score (nSPS) is 18.1. The van der Waals surface area contributed by atoms with Crippen LogP contribution in [0.5, 0.6) is 0 Å². The van der Waals surface area contributed by atoms with E-state index in [1.54, 1.807) is 18.2 Å². The van der Waals surface area contributed by atoms with E-state index in [-0.39, 0.29) is 0 Å². The van der Waals surface area contributed by atoms with Gasteiger partial charge in [-0.3, -0.25) is 4.79 Å². The maximum atomic E-state index is 10.8. The van der Waals surface area contributed by atoms with Crippen LogP contribution in [0.25, 0.3) is 0 Å². The zero-order chi connectivity index (χ0) is 14.5. The molecule has 1 atom stereocenters. The zero-order valence-electron chi connectivity index (χ0n) is 11.5. The van der Waals surface area contributed by atoms with Crippen molar-refractivity contribution < 1.29 is 9.90 Å². The lowest BCUT2D eigenvalue weighted by atomic mass is 10.0. The van der Waals surface area contributed by atoms with Crippen molar-refractivity contribution in [2.45, 2.75) is 6.42 Å². The molecule has 5 nitrogen and oxygen atoms in total. The van der Waals surface area contributed by atoms with Gasteiger partial charge < -0.3 is 10.0 Å². The minimum Gasteiger partial charge on any atom is -0.481 e. The summed E-state index contributed by atoms with van der Waals surface area (Å²) < 4.78 is 0. The van der Waals surface area contributed by atoms with E-state index in [0.717, 1.165) is 11.4 Å². The molecule has 2 rings (SSSR count). The van der Waals surface area contributed by atoms with Gasteiger partial charge in [0.25, 0.3) is 0 Å². The molecule has 0 bridgehead atoms. The van der Waals surface area contributed by atoms with Gasteiger partial charge in [0.05, 0.1) is 17.3 Å². The number of carboxylic acids is 1. The zero-order valence-corrected chi connectivity index (χ0v) is 11.5. The molecule has 5 heteroatoms. The Bertz CT molecular complexity index is 571. The van der Waals surface area contributed by atoms with E-state index in [0.29, 0.717) is 12.1 Å². The van der Waals surface area contributed by atoms with Gasteiger partial charge in [0, 0.05) is 19.8 Å². The largest absolute Gasteiger partial charge is 0.481 e. The Morgan fingerprint density at radius 2 is 1.95 bits per heavy atom. The molecule has 1 aromatic carbocycles. The molecule has 1 N–H and O–H groups in total. The Morgan fingerprint density at radius 3 is 2.45 bits per heavy atom. The Balaban J connectivity index is 2.00. The molecule has 0 aromatic heterocycles. The lowest BCUT2D eigenvalue weighted by molar-refractivity contribution is -0.139. The first-order valence-electron chi connectivity index (χ1n) is 6.36. The van der Waals surface area contributed by atoms with Gasteiger partial charge in [-0.1, -0.05) is 12.2 Å². The standard InChI is InChI=1S/C15H17N3O2/c1-18(2)14-9-7-13(8-10-14)17-16-12-5-3-11(4-6-12)15(19)20/h3,5-11H,4H2,1-2H3,(H,19,20)/b17-16+. The molecule has 1 aromatic rings. The van der Waals surface area contributed by atoms with Crippen LogP contribution in [0.3, 0.4) is 0 Å². The summed E-state index contributed by atoms with van der Waals surface area (Å²) in [5.41, 5.74) is 2.56. The summed E-state index contributed by atoms with van der Waals surface area (Å²) in [7, 11) is 3.96. The van der Waals surface area contributed by atoms with Gasteiger partial charge >= 0.3 is 5.97 Å². The first kappa shape index (κ1) is 14.0. The lowest BCUT2D eigenvalue weighted by Gasteiger charge is -2.11. The van der Waals surface area contributed by atoms with E-state index in [9.17, 15) is 4.79 Å². The van der Waals surface area contributed by atoms with Crippen LogP contribution in [0.2, 0.25) is 0 Å². The quantitative estimate of drug-likeness (QED) is 0.854. The molecular formula is C15H17N3O2. The second kappa shape index (κ2) is 6.14. The monoisotopic (exact) mass is 271 g/mol. The van der Waals surface area contributed by atoms with E-state index in [1.165, 1.54) is 0 Å². The van der Waals surface area contributed by atoms with Crippen molar-refractivity contribution in [2.75, 3.05) is 19.0 Å². The molecule has 0 saturated carbocycles. The third-order valence-corrected chi connectivity index (χ3v) is 3.04. The first-order valence-corrected chi connectivity index (χ1v) is 6.36. The number of carboxylic acid groups (broad SMARTS) is 1. The van der Waals surface area contributed by atoms with Crippen molar-refractivity contribution >= 4 is 17.3 Å². The Morgan fingerprint density at radius 1 is 1.25 bits per heavy atom. The van der Waals surface area contributed by atoms with E-state index < -0.39 is 11.9 Å². The predicted octanol–water partition coefficient (Wildman–Crippen LogP) is 3.38. The predicted molar refractivity (Wildman–Crippen MR) is 78.3 cm³/mol. The number of azo groups is 1. The summed E-state index contributed by atoms with van der Waals surface area (Å²) in [6.45, 7) is 0. The van der Waals surface area contributed by atoms with Crippen molar-refractivity contribution in [2.24, 2.45) is 16.1 Å². The number of hydrogen-bond donors (Lipinski definition) is 1. The Kier molecular flexibility index (Phi) is 4.30. The maximum Gasteiger partial charge on any atom is 0.310 e. The van der Waals surface area contributed by atoms with Crippen LogP contribution in [0.15, 0.2) is 58.4 Å². The first-order chi connectivity index (χ1) is 9.56. The number of hydrogen-bond acceptors (Lipinski definition) is 4. The average Bonchev–Trinajstić information content (AvgIpc) is 2.46. The summed E-state index contributed by atoms with van der Waals surface area (Å²) in [5, 5.41) is 17.1. The molecule has 0 fully saturated rings. The van der Waals surface area contributed by atoms with Crippen LogP contribution < -0.4 is 4.90 Å². The van der Waals surface area contributed by atoms with E-state index in [2.05, 4.69) is 10.2 Å². The maximum absolute atomic E-state index is 10.8. The molecule has 104 valence electrons. The molecule has 0 radical (unpaired) electrons. The van der Waals surface area contributed by atoms with Gasteiger partial charge in [-0.15, -0.1) is 0 Å². The van der Waals surface area contributed by atoms with Crippen molar-refractivity contribution in [1.29, 1.82) is 0 Å². The molecular weight excluding hydrogens is 254 g/mol. The number of nitrogens with zero attached hydrogens (tertiary/aromatic N) is 3. The second-order valence-electron chi connectivity index (χ2n) is 4.78. The van der Waals surface area contributed by atoms with E-state index in [1.807, 2.05) is 43.3 Å². The van der Waals surface area contributed by atoms with Crippen LogP contribution in [-0.4, -0.2) is 25.2 Å². The molecule has 0 heterocycles. The van der Waals surface area contributed by atoms with Crippen molar-refractivity contribution in [3.63, 3.8) is 0 Å². The summed E-state index contributed by atoms with van der Waals surface area (Å²) in [6, 6.07) is 7.73. The molecule has 0 aliphatic heterocycles. The fourth-order valence-electron chi connectivity index (χ4n) is 1.80. The van der Waals surface area contributed by atoms with Gasteiger partial charge in [-0.2, -0.15) is 10.2 Å². The van der Waals surface area contributed by atoms with Gasteiger partial charge in [-0.25, -0.2) is 0 Å². The minimum atomic E-state index is -0.812. The van der Waals surface area contributed by atoms with Gasteiger partial charge in [-0.05, 0) is 36.8 Å². The number of benzene rings is 1. The highest BCUT2D eigenvalue weighted by molar-refractivity contribution is 5.73.